The molecule has 0 atom stereocenters. The number of nitrogens with zero attached hydrogens (tertiary/aromatic N) is 2. The van der Waals surface area contributed by atoms with Gasteiger partial charge in [0.15, 0.2) is 0 Å². The van der Waals surface area contributed by atoms with Crippen molar-refractivity contribution in [2.45, 2.75) is 19.9 Å². The fraction of sp³-hybridized carbons (Fsp3) is 0.625. The Hall–Kier alpha value is -1.00. The maximum absolute atomic E-state index is 12.4. The van der Waals surface area contributed by atoms with E-state index in [1.807, 2.05) is 18.2 Å². The third-order valence-corrected chi connectivity index (χ3v) is 7.59. The van der Waals surface area contributed by atoms with Crippen molar-refractivity contribution in [2.75, 3.05) is 44.2 Å². The maximum atomic E-state index is 12.4. The lowest BCUT2D eigenvalue weighted by molar-refractivity contribution is 0.181. The summed E-state index contributed by atoms with van der Waals surface area (Å²) >= 11 is 0. The van der Waals surface area contributed by atoms with Crippen LogP contribution in [0.25, 0.3) is 0 Å². The lowest BCUT2D eigenvalue weighted by atomic mass is 10.2. The fourth-order valence-electron chi connectivity index (χ4n) is 2.80. The predicted molar refractivity (Wildman–Crippen MR) is 99.2 cm³/mol. The molecule has 25 heavy (non-hydrogen) atoms. The fourth-order valence-corrected chi connectivity index (χ4v) is 5.37. The summed E-state index contributed by atoms with van der Waals surface area (Å²) in [5.41, 5.74) is 1.21. The minimum Gasteiger partial charge on any atom is -0.296 e. The smallest absolute Gasteiger partial charge is 0.215 e. The molecule has 7 nitrogen and oxygen atoms in total. The van der Waals surface area contributed by atoms with Crippen molar-refractivity contribution in [1.29, 1.82) is 0 Å². The van der Waals surface area contributed by atoms with E-state index < -0.39 is 20.0 Å². The van der Waals surface area contributed by atoms with Crippen LogP contribution in [0.15, 0.2) is 30.3 Å². The van der Waals surface area contributed by atoms with Crippen LogP contribution in [0, 0.1) is 0 Å². The average Bonchev–Trinajstić information content (AvgIpc) is 2.56. The van der Waals surface area contributed by atoms with E-state index in [-0.39, 0.29) is 18.1 Å². The molecule has 1 N–H and O–H groups in total. The Morgan fingerprint density at radius 3 is 2.20 bits per heavy atom. The van der Waals surface area contributed by atoms with E-state index in [0.717, 1.165) is 6.54 Å². The largest absolute Gasteiger partial charge is 0.296 e. The number of piperazine rings is 1. The number of hydrogen-bond acceptors (Lipinski definition) is 5. The zero-order valence-electron chi connectivity index (χ0n) is 14.6. The summed E-state index contributed by atoms with van der Waals surface area (Å²) in [4.78, 5) is 2.23. The van der Waals surface area contributed by atoms with Gasteiger partial charge < -0.3 is 0 Å². The summed E-state index contributed by atoms with van der Waals surface area (Å²) in [5.74, 6) is -0.181. The van der Waals surface area contributed by atoms with E-state index in [0.29, 0.717) is 32.6 Å². The van der Waals surface area contributed by atoms with E-state index in [9.17, 15) is 16.8 Å². The van der Waals surface area contributed by atoms with Gasteiger partial charge in [0.2, 0.25) is 20.0 Å². The molecule has 142 valence electrons. The second kappa shape index (κ2) is 9.09. The van der Waals surface area contributed by atoms with Crippen LogP contribution in [-0.4, -0.2) is 70.3 Å². The lowest BCUT2D eigenvalue weighted by Crippen LogP contribution is -2.49. The van der Waals surface area contributed by atoms with Gasteiger partial charge in [-0.05, 0) is 12.0 Å². The number of rotatable bonds is 9. The van der Waals surface area contributed by atoms with Crippen LogP contribution in [-0.2, 0) is 26.6 Å². The summed E-state index contributed by atoms with van der Waals surface area (Å²) < 4.78 is 51.7. The van der Waals surface area contributed by atoms with E-state index >= 15 is 0 Å². The Bertz CT molecular complexity index is 728. The first-order valence-electron chi connectivity index (χ1n) is 8.54. The summed E-state index contributed by atoms with van der Waals surface area (Å²) in [6.45, 7) is 4.74. The van der Waals surface area contributed by atoms with Crippen molar-refractivity contribution >= 4 is 20.0 Å². The molecular weight excluding hydrogens is 362 g/mol. The molecule has 0 bridgehead atoms. The van der Waals surface area contributed by atoms with Gasteiger partial charge in [-0.1, -0.05) is 37.3 Å². The molecule has 1 saturated heterocycles. The Labute approximate surface area is 151 Å². The van der Waals surface area contributed by atoms with Gasteiger partial charge in [0.1, 0.15) is 0 Å². The van der Waals surface area contributed by atoms with Crippen molar-refractivity contribution in [3.8, 4) is 0 Å². The van der Waals surface area contributed by atoms with Gasteiger partial charge >= 0.3 is 0 Å². The molecular formula is C16H27N3O4S2. The summed E-state index contributed by atoms with van der Waals surface area (Å²) in [5, 5.41) is 0. The maximum Gasteiger partial charge on any atom is 0.215 e. The highest BCUT2D eigenvalue weighted by Crippen LogP contribution is 2.11. The zero-order valence-corrected chi connectivity index (χ0v) is 16.2. The van der Waals surface area contributed by atoms with E-state index in [4.69, 9.17) is 0 Å². The van der Waals surface area contributed by atoms with Gasteiger partial charge in [-0.25, -0.2) is 21.6 Å². The number of sulfonamides is 2. The quantitative estimate of drug-likeness (QED) is 0.663. The van der Waals surface area contributed by atoms with Gasteiger partial charge in [-0.15, -0.1) is 0 Å². The van der Waals surface area contributed by atoms with Crippen LogP contribution in [0.2, 0.25) is 0 Å². The standard InChI is InChI=1S/C16H27N3O4S2/c1-2-13-24(20,21)17-8-14-25(22,23)19-11-9-18(10-12-19)15-16-6-4-3-5-7-16/h3-7,17H,2,8-15H2,1H3. The molecule has 0 amide bonds. The van der Waals surface area contributed by atoms with Crippen LogP contribution in [0.1, 0.15) is 18.9 Å². The van der Waals surface area contributed by atoms with Crippen molar-refractivity contribution in [1.82, 2.24) is 13.9 Å². The monoisotopic (exact) mass is 389 g/mol. The third kappa shape index (κ3) is 6.67. The van der Waals surface area contributed by atoms with Crippen molar-refractivity contribution < 1.29 is 16.8 Å². The summed E-state index contributed by atoms with van der Waals surface area (Å²) in [6, 6.07) is 10.1. The molecule has 0 saturated carbocycles. The van der Waals surface area contributed by atoms with Crippen LogP contribution < -0.4 is 4.72 Å². The van der Waals surface area contributed by atoms with E-state index in [2.05, 4.69) is 21.8 Å². The van der Waals surface area contributed by atoms with Crippen LogP contribution in [0.5, 0.6) is 0 Å². The highest BCUT2D eigenvalue weighted by Gasteiger charge is 2.27. The molecule has 0 aromatic heterocycles. The Morgan fingerprint density at radius 2 is 1.60 bits per heavy atom. The highest BCUT2D eigenvalue weighted by atomic mass is 32.2. The second-order valence-corrected chi connectivity index (χ2v) is 10.2. The predicted octanol–water partition coefficient (Wildman–Crippen LogP) is 0.463. The van der Waals surface area contributed by atoms with Gasteiger partial charge in [-0.3, -0.25) is 4.90 Å². The SMILES string of the molecule is CCCS(=O)(=O)NCCS(=O)(=O)N1CCN(Cc2ccccc2)CC1. The Balaban J connectivity index is 1.78. The van der Waals surface area contributed by atoms with Gasteiger partial charge in [0.25, 0.3) is 0 Å². The average molecular weight is 390 g/mol. The molecule has 1 aromatic rings. The molecule has 0 aliphatic carbocycles. The number of hydrogen-bond donors (Lipinski definition) is 1. The molecule has 0 radical (unpaired) electrons. The van der Waals surface area contributed by atoms with Gasteiger partial charge in [-0.2, -0.15) is 4.31 Å². The topological polar surface area (TPSA) is 86.8 Å². The molecule has 1 aliphatic rings. The lowest BCUT2D eigenvalue weighted by Gasteiger charge is -2.34. The molecule has 2 rings (SSSR count). The highest BCUT2D eigenvalue weighted by molar-refractivity contribution is 7.90. The van der Waals surface area contributed by atoms with Crippen LogP contribution in [0.4, 0.5) is 0 Å². The van der Waals surface area contributed by atoms with Crippen LogP contribution in [0.3, 0.4) is 0 Å². The summed E-state index contributed by atoms with van der Waals surface area (Å²) in [6.07, 6.45) is 0.505. The first kappa shape index (κ1) is 20.3. The number of nitrogens with one attached hydrogen (secondary N) is 1. The Morgan fingerprint density at radius 1 is 0.960 bits per heavy atom. The molecule has 1 aliphatic heterocycles. The van der Waals surface area contributed by atoms with Crippen molar-refractivity contribution in [3.05, 3.63) is 35.9 Å². The first-order valence-corrected chi connectivity index (χ1v) is 11.8. The van der Waals surface area contributed by atoms with Gasteiger partial charge in [0, 0.05) is 39.3 Å². The second-order valence-electron chi connectivity index (χ2n) is 6.19. The number of benzene rings is 1. The van der Waals surface area contributed by atoms with E-state index in [1.165, 1.54) is 9.87 Å². The van der Waals surface area contributed by atoms with Crippen molar-refractivity contribution in [3.63, 3.8) is 0 Å². The first-order chi connectivity index (χ1) is 11.8. The minimum atomic E-state index is -3.44. The van der Waals surface area contributed by atoms with E-state index in [1.54, 1.807) is 6.92 Å². The normalized spacial score (nSPS) is 17.6. The zero-order chi connectivity index (χ0) is 18.3. The minimum absolute atomic E-state index is 0.0191. The molecule has 0 unspecified atom stereocenters. The molecule has 1 aromatic carbocycles. The van der Waals surface area contributed by atoms with Crippen LogP contribution >= 0.6 is 0 Å². The molecule has 0 spiro atoms. The third-order valence-electron chi connectivity index (χ3n) is 4.13. The van der Waals surface area contributed by atoms with Gasteiger partial charge in [0.05, 0.1) is 11.5 Å². The summed E-state index contributed by atoms with van der Waals surface area (Å²) in [7, 11) is -6.81. The molecule has 1 heterocycles. The molecule has 9 heteroatoms. The molecule has 1 fully saturated rings. The van der Waals surface area contributed by atoms with Crippen molar-refractivity contribution in [2.24, 2.45) is 0 Å². The Kier molecular flexibility index (Phi) is 7.38.